The minimum atomic E-state index is -1.22. The highest BCUT2D eigenvalue weighted by molar-refractivity contribution is 9.10. The summed E-state index contributed by atoms with van der Waals surface area (Å²) in [6.07, 6.45) is 5.07. The van der Waals surface area contributed by atoms with Crippen LogP contribution in [0.15, 0.2) is 22.7 Å². The summed E-state index contributed by atoms with van der Waals surface area (Å²) in [5.41, 5.74) is -0.289. The van der Waals surface area contributed by atoms with Gasteiger partial charge in [0.25, 0.3) is 11.6 Å². The van der Waals surface area contributed by atoms with Gasteiger partial charge in [0.15, 0.2) is 0 Å². The zero-order valence-electron chi connectivity index (χ0n) is 10.1. The van der Waals surface area contributed by atoms with E-state index in [2.05, 4.69) is 21.9 Å². The van der Waals surface area contributed by atoms with Crippen LogP contribution in [0.1, 0.15) is 10.4 Å². The van der Waals surface area contributed by atoms with Crippen molar-refractivity contribution >= 4 is 33.5 Å². The predicted octanol–water partition coefficient (Wildman–Crippen LogP) is 1.52. The van der Waals surface area contributed by atoms with Crippen LogP contribution in [0.4, 0.5) is 5.69 Å². The number of aliphatic carboxylic acids is 1. The van der Waals surface area contributed by atoms with Crippen molar-refractivity contribution in [1.29, 1.82) is 0 Å². The van der Waals surface area contributed by atoms with Gasteiger partial charge < -0.3 is 10.0 Å². The molecule has 0 atom stereocenters. The lowest BCUT2D eigenvalue weighted by molar-refractivity contribution is -0.385. The van der Waals surface area contributed by atoms with Crippen LogP contribution in [0.2, 0.25) is 0 Å². The van der Waals surface area contributed by atoms with E-state index in [0.29, 0.717) is 0 Å². The van der Waals surface area contributed by atoms with E-state index in [1.165, 1.54) is 12.1 Å². The monoisotopic (exact) mass is 340 g/mol. The zero-order chi connectivity index (χ0) is 15.3. The number of rotatable bonds is 5. The van der Waals surface area contributed by atoms with Gasteiger partial charge in [0, 0.05) is 11.6 Å². The standard InChI is InChI=1S/C12H9BrN2O5/c1-2-5-14(7-11(16)17)12(18)8-3-4-9(13)10(6-8)15(19)20/h1,3-4,6H,5,7H2,(H,16,17). The number of nitro groups is 1. The number of benzene rings is 1. The van der Waals surface area contributed by atoms with Crippen LogP contribution in [0.5, 0.6) is 0 Å². The van der Waals surface area contributed by atoms with Gasteiger partial charge >= 0.3 is 5.97 Å². The lowest BCUT2D eigenvalue weighted by atomic mass is 10.1. The first-order chi connectivity index (χ1) is 9.36. The molecule has 0 bridgehead atoms. The molecule has 1 N–H and O–H groups in total. The molecule has 0 aliphatic carbocycles. The largest absolute Gasteiger partial charge is 0.480 e. The summed E-state index contributed by atoms with van der Waals surface area (Å²) in [4.78, 5) is 33.8. The van der Waals surface area contributed by atoms with Crippen LogP contribution in [-0.2, 0) is 4.79 Å². The third kappa shape index (κ3) is 3.80. The number of hydrogen-bond acceptors (Lipinski definition) is 4. The maximum atomic E-state index is 12.1. The Hall–Kier alpha value is -2.40. The Morgan fingerprint density at radius 2 is 2.15 bits per heavy atom. The van der Waals surface area contributed by atoms with Crippen molar-refractivity contribution in [3.63, 3.8) is 0 Å². The molecular weight excluding hydrogens is 332 g/mol. The number of hydrogen-bond donors (Lipinski definition) is 1. The van der Waals surface area contributed by atoms with Gasteiger partial charge in [-0.2, -0.15) is 0 Å². The van der Waals surface area contributed by atoms with Crippen molar-refractivity contribution in [2.24, 2.45) is 0 Å². The Labute approximate surface area is 122 Å². The smallest absolute Gasteiger partial charge is 0.323 e. The second kappa shape index (κ2) is 6.68. The van der Waals surface area contributed by atoms with E-state index in [4.69, 9.17) is 11.5 Å². The van der Waals surface area contributed by atoms with E-state index < -0.39 is 23.3 Å². The molecule has 1 amide bonds. The van der Waals surface area contributed by atoms with E-state index in [1.54, 1.807) is 0 Å². The van der Waals surface area contributed by atoms with Gasteiger partial charge in [0.2, 0.25) is 0 Å². The number of carboxylic acids is 1. The van der Waals surface area contributed by atoms with Gasteiger partial charge in [-0.3, -0.25) is 19.7 Å². The molecule has 0 unspecified atom stereocenters. The molecule has 1 aromatic rings. The Kier molecular flexibility index (Phi) is 5.23. The highest BCUT2D eigenvalue weighted by Crippen LogP contribution is 2.26. The maximum Gasteiger partial charge on any atom is 0.323 e. The van der Waals surface area contributed by atoms with Crippen LogP contribution in [0.25, 0.3) is 0 Å². The van der Waals surface area contributed by atoms with E-state index in [1.807, 2.05) is 0 Å². The first-order valence-electron chi connectivity index (χ1n) is 5.25. The van der Waals surface area contributed by atoms with Crippen LogP contribution in [0, 0.1) is 22.5 Å². The molecule has 0 aliphatic rings. The molecule has 104 valence electrons. The van der Waals surface area contributed by atoms with Gasteiger partial charge in [-0.1, -0.05) is 5.92 Å². The van der Waals surface area contributed by atoms with E-state index >= 15 is 0 Å². The number of carbonyl (C=O) groups excluding carboxylic acids is 1. The minimum absolute atomic E-state index is 0.00333. The topological polar surface area (TPSA) is 101 Å². The summed E-state index contributed by atoms with van der Waals surface area (Å²) >= 11 is 3.00. The first-order valence-corrected chi connectivity index (χ1v) is 6.04. The van der Waals surface area contributed by atoms with Gasteiger partial charge in [-0.05, 0) is 28.1 Å². The number of halogens is 1. The average Bonchev–Trinajstić information content (AvgIpc) is 2.37. The molecule has 0 spiro atoms. The molecule has 1 rings (SSSR count). The summed E-state index contributed by atoms with van der Waals surface area (Å²) in [5.74, 6) is 0.270. The van der Waals surface area contributed by atoms with Crippen molar-refractivity contribution < 1.29 is 19.6 Å². The number of terminal acetylenes is 1. The van der Waals surface area contributed by atoms with Crippen molar-refractivity contribution in [2.75, 3.05) is 13.1 Å². The van der Waals surface area contributed by atoms with Crippen molar-refractivity contribution in [3.8, 4) is 12.3 Å². The summed E-state index contributed by atoms with van der Waals surface area (Å²) in [6.45, 7) is -0.776. The Morgan fingerprint density at radius 3 is 2.65 bits per heavy atom. The third-order valence-electron chi connectivity index (χ3n) is 2.29. The van der Waals surface area contributed by atoms with E-state index in [9.17, 15) is 19.7 Å². The molecule has 1 aromatic carbocycles. The second-order valence-corrected chi connectivity index (χ2v) is 4.54. The van der Waals surface area contributed by atoms with Gasteiger partial charge in [0.1, 0.15) is 6.54 Å². The van der Waals surface area contributed by atoms with Crippen molar-refractivity contribution in [3.05, 3.63) is 38.3 Å². The maximum absolute atomic E-state index is 12.1. The zero-order valence-corrected chi connectivity index (χ0v) is 11.7. The molecule has 20 heavy (non-hydrogen) atoms. The lowest BCUT2D eigenvalue weighted by Gasteiger charge is -2.17. The van der Waals surface area contributed by atoms with Gasteiger partial charge in [-0.15, -0.1) is 6.42 Å². The molecule has 7 nitrogen and oxygen atoms in total. The first kappa shape index (κ1) is 15.7. The van der Waals surface area contributed by atoms with Crippen molar-refractivity contribution in [2.45, 2.75) is 0 Å². The Balaban J connectivity index is 3.12. The van der Waals surface area contributed by atoms with Crippen LogP contribution in [-0.4, -0.2) is 39.9 Å². The van der Waals surface area contributed by atoms with E-state index in [-0.39, 0.29) is 22.3 Å². The summed E-state index contributed by atoms with van der Waals surface area (Å²) < 4.78 is 0.223. The Morgan fingerprint density at radius 1 is 1.50 bits per heavy atom. The minimum Gasteiger partial charge on any atom is -0.480 e. The summed E-state index contributed by atoms with van der Waals surface area (Å²) in [5, 5.41) is 19.5. The molecule has 0 aliphatic heterocycles. The van der Waals surface area contributed by atoms with Crippen molar-refractivity contribution in [1.82, 2.24) is 4.90 Å². The highest BCUT2D eigenvalue weighted by atomic mass is 79.9. The average molecular weight is 341 g/mol. The molecule has 0 fully saturated rings. The number of amides is 1. The molecule has 0 radical (unpaired) electrons. The molecule has 8 heteroatoms. The number of carboxylic acid groups (broad SMARTS) is 1. The predicted molar refractivity (Wildman–Crippen MR) is 73.2 cm³/mol. The fraction of sp³-hybridized carbons (Fsp3) is 0.167. The highest BCUT2D eigenvalue weighted by Gasteiger charge is 2.21. The number of nitrogens with zero attached hydrogens (tertiary/aromatic N) is 2. The van der Waals surface area contributed by atoms with Gasteiger partial charge in [0.05, 0.1) is 15.9 Å². The molecular formula is C12H9BrN2O5. The molecule has 0 heterocycles. The summed E-state index contributed by atoms with van der Waals surface area (Å²) in [6, 6.07) is 3.77. The SMILES string of the molecule is C#CCN(CC(=O)O)C(=O)c1ccc(Br)c([N+](=O)[O-])c1. The number of carbonyl (C=O) groups is 2. The summed E-state index contributed by atoms with van der Waals surface area (Å²) in [7, 11) is 0. The normalized spacial score (nSPS) is 9.60. The Bertz CT molecular complexity index is 608. The number of nitro benzene ring substituents is 1. The molecule has 0 saturated carbocycles. The van der Waals surface area contributed by atoms with E-state index in [0.717, 1.165) is 11.0 Å². The fourth-order valence-electron chi connectivity index (χ4n) is 1.44. The molecule has 0 aromatic heterocycles. The fourth-order valence-corrected chi connectivity index (χ4v) is 1.83. The lowest BCUT2D eigenvalue weighted by Crippen LogP contribution is -2.36. The van der Waals surface area contributed by atoms with Crippen LogP contribution in [0.3, 0.4) is 0 Å². The quantitative estimate of drug-likeness (QED) is 0.497. The van der Waals surface area contributed by atoms with Gasteiger partial charge in [-0.25, -0.2) is 0 Å². The van der Waals surface area contributed by atoms with Crippen LogP contribution >= 0.6 is 15.9 Å². The second-order valence-electron chi connectivity index (χ2n) is 3.68. The third-order valence-corrected chi connectivity index (χ3v) is 2.96. The van der Waals surface area contributed by atoms with Crippen LogP contribution < -0.4 is 0 Å². The molecule has 0 saturated heterocycles.